The number of nitrogens with one attached hydrogen (secondary N) is 2. The average molecular weight is 1140 g/mol. The number of fused-ring (bicyclic) bond motifs is 2. The smallest absolute Gasteiger partial charge is 0.387 e. The molecule has 4 aromatic heterocycles. The Morgan fingerprint density at radius 2 is 1.15 bits per heavy atom. The van der Waals surface area contributed by atoms with E-state index in [1.165, 1.54) is 38.5 Å². The third-order valence-corrected chi connectivity index (χ3v) is 13.4. The Labute approximate surface area is 432 Å². The fourth-order valence-electron chi connectivity index (χ4n) is 8.19. The zero-order chi connectivity index (χ0) is 53.8. The molecule has 0 radical (unpaired) electrons. The molecule has 4 aromatic carbocycles. The predicted molar refractivity (Wildman–Crippen MR) is 271 cm³/mol. The molecule has 0 spiro atoms. The van der Waals surface area contributed by atoms with Crippen LogP contribution < -0.4 is 27.2 Å². The molecule has 26 nitrogen and oxygen atoms in total. The number of phosphoric acid groups is 2. The van der Waals surface area contributed by atoms with Crippen LogP contribution in [0, 0.1) is 0 Å². The highest BCUT2D eigenvalue weighted by Gasteiger charge is 2.48. The van der Waals surface area contributed by atoms with E-state index in [-0.39, 0.29) is 40.8 Å². The van der Waals surface area contributed by atoms with Gasteiger partial charge >= 0.3 is 21.3 Å². The van der Waals surface area contributed by atoms with Crippen molar-refractivity contribution in [1.82, 2.24) is 34.1 Å². The van der Waals surface area contributed by atoms with Crippen molar-refractivity contribution in [2.45, 2.75) is 61.0 Å². The third kappa shape index (κ3) is 13.2. The molecule has 0 bridgehead atoms. The summed E-state index contributed by atoms with van der Waals surface area (Å²) in [6.45, 7) is -1.05. The first-order valence-corrected chi connectivity index (χ1v) is 26.7. The molecule has 2 aliphatic heterocycles. The van der Waals surface area contributed by atoms with Crippen molar-refractivity contribution < 1.29 is 72.2 Å². The Bertz CT molecular complexity index is 3450. The maximum Gasteiger partial charge on any atom is 0.469 e. The summed E-state index contributed by atoms with van der Waals surface area (Å²) in [5.41, 5.74) is 17.2. The van der Waals surface area contributed by atoms with Gasteiger partial charge in [0.25, 0.3) is 17.1 Å². The minimum atomic E-state index is -4.82. The van der Waals surface area contributed by atoms with Crippen molar-refractivity contribution in [3.05, 3.63) is 154 Å². The molecule has 2 fully saturated rings. The number of hydrogen-bond acceptors (Lipinski definition) is 17. The van der Waals surface area contributed by atoms with Gasteiger partial charge in [-0.05, 0) is 33.4 Å². The zero-order valence-corrected chi connectivity index (χ0v) is 42.3. The highest BCUT2D eigenvalue weighted by atomic mass is 79.9. The first-order valence-electron chi connectivity index (χ1n) is 22.5. The molecule has 0 aliphatic carbocycles. The number of hydrogen-bond donors (Lipinski definition) is 12. The molecule has 10 rings (SSSR count). The van der Waals surface area contributed by atoms with Crippen LogP contribution in [0.1, 0.15) is 23.6 Å². The van der Waals surface area contributed by atoms with Crippen LogP contribution in [0.3, 0.4) is 0 Å². The number of ether oxygens (including phenoxy) is 2. The molecule has 75 heavy (non-hydrogen) atoms. The largest absolute Gasteiger partial charge is 0.469 e. The molecular weight excluding hydrogens is 1090 g/mol. The number of phosphoric ester groups is 2. The Morgan fingerprint density at radius 3 is 1.69 bits per heavy atom. The minimum absolute atomic E-state index is 0.0176. The van der Waals surface area contributed by atoms with Gasteiger partial charge in [-0.15, -0.1) is 0 Å². The molecule has 8 atom stereocenters. The summed E-state index contributed by atoms with van der Waals surface area (Å²) in [5, 5.41) is 42.0. The Kier molecular flexibility index (Phi) is 17.0. The number of imidazole rings is 2. The van der Waals surface area contributed by atoms with Gasteiger partial charge in [-0.3, -0.25) is 37.7 Å². The summed E-state index contributed by atoms with van der Waals surface area (Å²) in [6, 6.07) is 36.7. The Morgan fingerprint density at radius 1 is 0.653 bits per heavy atom. The van der Waals surface area contributed by atoms with E-state index in [0.29, 0.717) is 0 Å². The van der Waals surface area contributed by atoms with E-state index < -0.39 is 89.1 Å². The number of rotatable bonds is 13. The van der Waals surface area contributed by atoms with Crippen molar-refractivity contribution in [3.8, 4) is 22.3 Å². The number of benzene rings is 4. The van der Waals surface area contributed by atoms with Crippen LogP contribution in [-0.2, 0) is 39.5 Å². The molecule has 2 saturated heterocycles. The highest BCUT2D eigenvalue weighted by molar-refractivity contribution is 9.08. The van der Waals surface area contributed by atoms with Crippen molar-refractivity contribution in [2.24, 2.45) is 0 Å². The van der Waals surface area contributed by atoms with Gasteiger partial charge in [-0.1, -0.05) is 130 Å². The molecule has 6 heterocycles. The van der Waals surface area contributed by atoms with Crippen LogP contribution >= 0.6 is 31.6 Å². The number of nitrogen functional groups attached to an aromatic ring is 2. The molecule has 8 aromatic rings. The topological polar surface area (TPSA) is 403 Å². The summed E-state index contributed by atoms with van der Waals surface area (Å²) in [7, 11) is -9.59. The number of anilines is 2. The lowest BCUT2D eigenvalue weighted by Gasteiger charge is -2.16. The number of aromatic nitrogens is 8. The second kappa shape index (κ2) is 23.3. The fourth-order valence-corrected chi connectivity index (χ4v) is 9.25. The van der Waals surface area contributed by atoms with E-state index >= 15 is 0 Å². The quantitative estimate of drug-likeness (QED) is 0.0444. The summed E-state index contributed by atoms with van der Waals surface area (Å²) in [6.07, 6.45) is -8.23. The molecule has 0 amide bonds. The maximum absolute atomic E-state index is 12.8. The number of nitrogens with zero attached hydrogens (tertiary/aromatic N) is 6. The molecule has 14 N–H and O–H groups in total. The third-order valence-electron chi connectivity index (χ3n) is 11.8. The van der Waals surface area contributed by atoms with Gasteiger partial charge in [0.1, 0.15) is 36.6 Å². The van der Waals surface area contributed by atoms with Crippen LogP contribution in [0.25, 0.3) is 44.6 Å². The standard InChI is InChI=1S/C23H24N5O8P.C13H11Br.C10H14N5O8P/c24-23-25-20-17(21(31)26-23)27(10-13-6-8-15(9-7-13)14-4-2-1-3-5-14)12-28(20)22-19(30)18(29)16(36-22)11-35-37(32,33)34;14-10-11-6-8-13(9-7-11)12-4-2-1-3-5-12;11-10-13-7-4(8(18)14-10)12-2-15(7)9-6(17)5(16)3(23-9)1-22-24(19,20)21/h1-9,12,16,18-19,22,29-30H,10-11H2,(H4-,24,25,26,31,32,33,34);1-9H,10H2;2-3,5-6,9,16-17H,1H2,(H2,19,20,21)(H3,11,13,14,18)/p+1/t16-,18-,19-,22-;;3-,5-,6-,9-/m1.1/s1. The molecular formula is C46H50BrN10O16P2+. The molecule has 29 heteroatoms. The van der Waals surface area contributed by atoms with Crippen LogP contribution in [-0.4, -0.2) is 124 Å². The average Bonchev–Trinajstić information content (AvgIpc) is 4.13. The molecule has 2 aliphatic rings. The number of aliphatic hydroxyl groups excluding tert-OH is 4. The lowest BCUT2D eigenvalue weighted by molar-refractivity contribution is -0.745. The second-order valence-corrected chi connectivity index (χ2v) is 20.0. The van der Waals surface area contributed by atoms with Crippen molar-refractivity contribution in [1.29, 1.82) is 0 Å². The van der Waals surface area contributed by atoms with Gasteiger partial charge in [0.2, 0.25) is 17.7 Å². The van der Waals surface area contributed by atoms with E-state index in [0.717, 1.165) is 22.0 Å². The van der Waals surface area contributed by atoms with E-state index in [2.05, 4.69) is 98.4 Å². The van der Waals surface area contributed by atoms with Crippen LogP contribution in [0.2, 0.25) is 0 Å². The van der Waals surface area contributed by atoms with E-state index in [9.17, 15) is 39.1 Å². The number of nitrogens with two attached hydrogens (primary N) is 2. The van der Waals surface area contributed by atoms with Gasteiger partial charge in [-0.25, -0.2) is 18.7 Å². The molecule has 396 valence electrons. The summed E-state index contributed by atoms with van der Waals surface area (Å²) in [4.78, 5) is 76.5. The summed E-state index contributed by atoms with van der Waals surface area (Å²) >= 11 is 3.44. The predicted octanol–water partition coefficient (Wildman–Crippen LogP) is 1.72. The SMILES string of the molecule is BrCc1ccc(-c2ccccc2)cc1.Nc1nc2c(c(=O)[nH]1)n(Cc1ccc(-c3ccccc3)cc1)c[n+]2[C@@H]1O[C@H](COP(=O)(O)O)[C@@H](O)[C@H]1O.Nc1nc2c(ncn2[C@@H]2O[C@H](COP(=O)(O)O)[C@@H](O)[C@H]2O)c(=O)[nH]1. The second-order valence-electron chi connectivity index (χ2n) is 17.0. The summed E-state index contributed by atoms with van der Waals surface area (Å²) < 4.78 is 45.7. The number of aromatic amines is 2. The van der Waals surface area contributed by atoms with E-state index in [4.69, 9.17) is 40.5 Å². The lowest BCUT2D eigenvalue weighted by Crippen LogP contribution is -2.46. The maximum atomic E-state index is 12.8. The van der Waals surface area contributed by atoms with E-state index in [1.54, 1.807) is 4.57 Å². The Hall–Kier alpha value is -6.36. The van der Waals surface area contributed by atoms with Gasteiger partial charge in [0.15, 0.2) is 23.7 Å². The number of halogens is 1. The van der Waals surface area contributed by atoms with Crippen molar-refractivity contribution in [2.75, 3.05) is 24.7 Å². The lowest BCUT2D eigenvalue weighted by atomic mass is 10.0. The van der Waals surface area contributed by atoms with Gasteiger partial charge in [0.05, 0.1) is 26.1 Å². The normalized spacial score (nSPS) is 21.7. The van der Waals surface area contributed by atoms with Gasteiger partial charge in [-0.2, -0.15) is 4.98 Å². The van der Waals surface area contributed by atoms with Crippen molar-refractivity contribution >= 4 is 65.8 Å². The molecule has 0 saturated carbocycles. The fraction of sp³-hybridized carbons (Fsp3) is 0.261. The zero-order valence-electron chi connectivity index (χ0n) is 38.9. The number of alkyl halides is 1. The van der Waals surface area contributed by atoms with Crippen LogP contribution in [0.15, 0.2) is 131 Å². The summed E-state index contributed by atoms with van der Waals surface area (Å²) in [5.74, 6) is -0.339. The van der Waals surface area contributed by atoms with E-state index in [1.807, 2.05) is 60.7 Å². The monoisotopic (exact) mass is 1140 g/mol. The van der Waals surface area contributed by atoms with Gasteiger partial charge in [0, 0.05) is 5.33 Å². The Balaban J connectivity index is 0.000000167. The van der Waals surface area contributed by atoms with Crippen LogP contribution in [0.5, 0.6) is 0 Å². The highest BCUT2D eigenvalue weighted by Crippen LogP contribution is 2.40. The van der Waals surface area contributed by atoms with Crippen molar-refractivity contribution in [3.63, 3.8) is 0 Å². The minimum Gasteiger partial charge on any atom is -0.387 e. The van der Waals surface area contributed by atoms with Gasteiger partial charge < -0.3 is 60.9 Å². The first-order chi connectivity index (χ1) is 35.7. The van der Waals surface area contributed by atoms with Crippen LogP contribution in [0.4, 0.5) is 11.9 Å². The first kappa shape index (κ1) is 54.9. The number of H-pyrrole nitrogens is 2. The molecule has 0 unspecified atom stereocenters. The number of aliphatic hydroxyl groups is 4.